The van der Waals surface area contributed by atoms with Crippen molar-refractivity contribution in [1.82, 2.24) is 4.90 Å². The molecule has 5 heteroatoms. The Morgan fingerprint density at radius 1 is 0.833 bits per heavy atom. The largest absolute Gasteiger partial charge is 0.308 e. The van der Waals surface area contributed by atoms with Gasteiger partial charge >= 0.3 is 0 Å². The van der Waals surface area contributed by atoms with Crippen molar-refractivity contribution in [2.24, 2.45) is 0 Å². The fourth-order valence-electron chi connectivity index (χ4n) is 4.22. The van der Waals surface area contributed by atoms with Crippen LogP contribution in [0.5, 0.6) is 0 Å². The number of rotatable bonds is 4. The van der Waals surface area contributed by atoms with Crippen LogP contribution in [-0.2, 0) is 12.8 Å². The van der Waals surface area contributed by atoms with Gasteiger partial charge in [0.2, 0.25) is 0 Å². The lowest BCUT2D eigenvalue weighted by Crippen LogP contribution is -2.31. The highest BCUT2D eigenvalue weighted by atomic mass is 16.2. The lowest BCUT2D eigenvalue weighted by molar-refractivity contribution is 0.0656. The number of anilines is 1. The van der Waals surface area contributed by atoms with Crippen molar-refractivity contribution in [3.63, 3.8) is 0 Å². The van der Waals surface area contributed by atoms with Gasteiger partial charge in [0.25, 0.3) is 17.7 Å². The van der Waals surface area contributed by atoms with E-state index in [0.717, 1.165) is 23.2 Å². The number of benzene rings is 3. The van der Waals surface area contributed by atoms with Crippen LogP contribution in [0.2, 0.25) is 0 Å². The normalized spacial score (nSPS) is 14.8. The Morgan fingerprint density at radius 3 is 2.40 bits per heavy atom. The van der Waals surface area contributed by atoms with E-state index < -0.39 is 0 Å². The maximum absolute atomic E-state index is 13.1. The molecule has 0 aliphatic carbocycles. The molecule has 0 fully saturated rings. The quantitative estimate of drug-likeness (QED) is 0.632. The minimum absolute atomic E-state index is 0.147. The number of imide groups is 1. The Morgan fingerprint density at radius 2 is 1.57 bits per heavy atom. The van der Waals surface area contributed by atoms with Gasteiger partial charge in [0.1, 0.15) is 0 Å². The lowest BCUT2D eigenvalue weighted by atomic mass is 10.0. The predicted molar refractivity (Wildman–Crippen MR) is 114 cm³/mol. The van der Waals surface area contributed by atoms with E-state index in [1.54, 1.807) is 23.1 Å². The first kappa shape index (κ1) is 18.3. The molecule has 0 N–H and O–H groups in total. The molecule has 0 saturated heterocycles. The van der Waals surface area contributed by atoms with Crippen LogP contribution in [-0.4, -0.2) is 35.7 Å². The predicted octanol–water partition coefficient (Wildman–Crippen LogP) is 3.73. The minimum atomic E-state index is -0.331. The van der Waals surface area contributed by atoms with Crippen molar-refractivity contribution >= 4 is 23.4 Å². The number of hydrogen-bond donors (Lipinski definition) is 0. The van der Waals surface area contributed by atoms with Crippen LogP contribution in [0.3, 0.4) is 0 Å². The van der Waals surface area contributed by atoms with Crippen LogP contribution in [0, 0.1) is 0 Å². The van der Waals surface area contributed by atoms with Crippen molar-refractivity contribution in [1.29, 1.82) is 0 Å². The van der Waals surface area contributed by atoms with Crippen molar-refractivity contribution in [2.45, 2.75) is 12.8 Å². The third-order valence-electron chi connectivity index (χ3n) is 5.82. The van der Waals surface area contributed by atoms with Crippen molar-refractivity contribution in [3.05, 3.63) is 101 Å². The number of fused-ring (bicyclic) bond motifs is 2. The van der Waals surface area contributed by atoms with Gasteiger partial charge in [0.05, 0.1) is 11.1 Å². The molecule has 2 aliphatic heterocycles. The monoisotopic (exact) mass is 396 g/mol. The number of hydrogen-bond acceptors (Lipinski definition) is 3. The molecule has 0 spiro atoms. The van der Waals surface area contributed by atoms with Gasteiger partial charge in [-0.3, -0.25) is 19.3 Å². The van der Waals surface area contributed by atoms with Crippen LogP contribution >= 0.6 is 0 Å². The molecule has 148 valence electrons. The van der Waals surface area contributed by atoms with E-state index in [4.69, 9.17) is 0 Å². The second-order valence-corrected chi connectivity index (χ2v) is 7.59. The van der Waals surface area contributed by atoms with Crippen molar-refractivity contribution < 1.29 is 14.4 Å². The standard InChI is InChI=1S/C25H20N2O3/c28-23(26-15-13-18-8-4-5-9-22(18)26)19-10-11-20-21(16-19)25(30)27(24(20)29)14-12-17-6-2-1-3-7-17/h1-11,16H,12-15H2. The molecular weight excluding hydrogens is 376 g/mol. The second-order valence-electron chi connectivity index (χ2n) is 7.59. The first-order valence-corrected chi connectivity index (χ1v) is 10.1. The molecule has 3 aromatic rings. The number of para-hydroxylation sites is 1. The first-order valence-electron chi connectivity index (χ1n) is 10.1. The smallest absolute Gasteiger partial charge is 0.261 e. The summed E-state index contributed by atoms with van der Waals surface area (Å²) in [6.45, 7) is 0.935. The fraction of sp³-hybridized carbons (Fsp3) is 0.160. The summed E-state index contributed by atoms with van der Waals surface area (Å²) >= 11 is 0. The summed E-state index contributed by atoms with van der Waals surface area (Å²) in [6.07, 6.45) is 1.42. The molecule has 0 unspecified atom stereocenters. The van der Waals surface area contributed by atoms with Crippen LogP contribution in [0.25, 0.3) is 0 Å². The molecule has 0 aromatic heterocycles. The summed E-state index contributed by atoms with van der Waals surface area (Å²) in [5.74, 6) is -0.774. The second kappa shape index (κ2) is 7.26. The Kier molecular flexibility index (Phi) is 4.43. The zero-order valence-corrected chi connectivity index (χ0v) is 16.4. The van der Waals surface area contributed by atoms with Gasteiger partial charge in [-0.2, -0.15) is 0 Å². The summed E-state index contributed by atoms with van der Waals surface area (Å²) in [4.78, 5) is 41.8. The van der Waals surface area contributed by atoms with E-state index >= 15 is 0 Å². The molecule has 3 aromatic carbocycles. The maximum atomic E-state index is 13.1. The van der Waals surface area contributed by atoms with Gasteiger partial charge in [-0.1, -0.05) is 48.5 Å². The number of amides is 3. The van der Waals surface area contributed by atoms with E-state index in [0.29, 0.717) is 36.2 Å². The summed E-state index contributed by atoms with van der Waals surface area (Å²) in [6, 6.07) is 22.4. The highest BCUT2D eigenvalue weighted by molar-refractivity contribution is 6.22. The zero-order chi connectivity index (χ0) is 20.7. The molecule has 30 heavy (non-hydrogen) atoms. The fourth-order valence-corrected chi connectivity index (χ4v) is 4.22. The molecule has 0 saturated carbocycles. The Bertz CT molecular complexity index is 1170. The number of carbonyl (C=O) groups is 3. The van der Waals surface area contributed by atoms with Crippen LogP contribution in [0.1, 0.15) is 42.2 Å². The van der Waals surface area contributed by atoms with E-state index in [1.165, 1.54) is 4.90 Å². The summed E-state index contributed by atoms with van der Waals surface area (Å²) < 4.78 is 0. The van der Waals surface area contributed by atoms with E-state index in [2.05, 4.69) is 0 Å². The molecule has 2 aliphatic rings. The number of nitrogens with zero attached hydrogens (tertiary/aromatic N) is 2. The van der Waals surface area contributed by atoms with E-state index in [9.17, 15) is 14.4 Å². The average molecular weight is 396 g/mol. The molecule has 0 radical (unpaired) electrons. The van der Waals surface area contributed by atoms with Gasteiger partial charge in [0.15, 0.2) is 0 Å². The Balaban J connectivity index is 1.38. The maximum Gasteiger partial charge on any atom is 0.261 e. The minimum Gasteiger partial charge on any atom is -0.308 e. The molecule has 5 rings (SSSR count). The molecule has 0 bridgehead atoms. The van der Waals surface area contributed by atoms with Crippen LogP contribution < -0.4 is 4.90 Å². The topological polar surface area (TPSA) is 57.7 Å². The summed E-state index contributed by atoms with van der Waals surface area (Å²) in [7, 11) is 0. The average Bonchev–Trinajstić information content (AvgIpc) is 3.32. The molecule has 3 amide bonds. The molecule has 5 nitrogen and oxygen atoms in total. The third-order valence-corrected chi connectivity index (χ3v) is 5.82. The number of carbonyl (C=O) groups excluding carboxylic acids is 3. The van der Waals surface area contributed by atoms with E-state index in [1.807, 2.05) is 54.6 Å². The highest BCUT2D eigenvalue weighted by Gasteiger charge is 2.36. The third kappa shape index (κ3) is 2.99. The first-order chi connectivity index (χ1) is 14.6. The zero-order valence-electron chi connectivity index (χ0n) is 16.4. The molecular formula is C25H20N2O3. The molecule has 0 atom stereocenters. The van der Waals surface area contributed by atoms with Crippen molar-refractivity contribution in [3.8, 4) is 0 Å². The Labute approximate surface area is 174 Å². The van der Waals surface area contributed by atoms with Gasteiger partial charge in [-0.15, -0.1) is 0 Å². The summed E-state index contributed by atoms with van der Waals surface area (Å²) in [5, 5.41) is 0. The summed E-state index contributed by atoms with van der Waals surface area (Å²) in [5.41, 5.74) is 4.23. The van der Waals surface area contributed by atoms with Crippen LogP contribution in [0.15, 0.2) is 72.8 Å². The van der Waals surface area contributed by atoms with Gasteiger partial charge < -0.3 is 4.90 Å². The lowest BCUT2D eigenvalue weighted by Gasteiger charge is -2.17. The van der Waals surface area contributed by atoms with Crippen LogP contribution in [0.4, 0.5) is 5.69 Å². The Hall–Kier alpha value is -3.73. The van der Waals surface area contributed by atoms with Gasteiger partial charge in [-0.25, -0.2) is 0 Å². The van der Waals surface area contributed by atoms with Gasteiger partial charge in [0, 0.05) is 24.3 Å². The van der Waals surface area contributed by atoms with E-state index in [-0.39, 0.29) is 17.7 Å². The highest BCUT2D eigenvalue weighted by Crippen LogP contribution is 2.30. The SMILES string of the molecule is O=C1c2ccc(C(=O)N3CCc4ccccc43)cc2C(=O)N1CCc1ccccc1. The molecule has 2 heterocycles. The van der Waals surface area contributed by atoms with Gasteiger partial charge in [-0.05, 0) is 48.2 Å². The van der Waals surface area contributed by atoms with Crippen molar-refractivity contribution in [2.75, 3.05) is 18.0 Å².